The van der Waals surface area contributed by atoms with Crippen LogP contribution in [0.1, 0.15) is 27.7 Å². The van der Waals surface area contributed by atoms with Crippen LogP contribution < -0.4 is 5.32 Å². The summed E-state index contributed by atoms with van der Waals surface area (Å²) in [6, 6.07) is 0.0785. The van der Waals surface area contributed by atoms with Gasteiger partial charge in [0.15, 0.2) is 0 Å². The Morgan fingerprint density at radius 3 is 2.15 bits per heavy atom. The number of nitrogens with one attached hydrogen (secondary N) is 1. The van der Waals surface area contributed by atoms with Crippen LogP contribution in [0.5, 0.6) is 0 Å². The standard InChI is InChI=1S/C17H24N2O7/c1-16(2,10(14(22)25-7)8-12(20)23-5)18-15-19-17(3,4)11(26-15)9-13(21)24-6/h8-9H,1-7H3,(H,18,19)/b10-8+,11-9+. The predicted molar refractivity (Wildman–Crippen MR) is 92.0 cm³/mol. The molecule has 9 nitrogen and oxygen atoms in total. The summed E-state index contributed by atoms with van der Waals surface area (Å²) < 4.78 is 19.5. The lowest BCUT2D eigenvalue weighted by Crippen LogP contribution is -2.47. The zero-order valence-corrected chi connectivity index (χ0v) is 16.0. The Hall–Kier alpha value is -2.84. The second-order valence-corrected chi connectivity index (χ2v) is 6.43. The fourth-order valence-electron chi connectivity index (χ4n) is 2.10. The molecule has 1 aliphatic rings. The maximum Gasteiger partial charge on any atom is 0.336 e. The zero-order valence-electron chi connectivity index (χ0n) is 16.0. The van der Waals surface area contributed by atoms with Crippen molar-refractivity contribution in [1.29, 1.82) is 0 Å². The third-order valence-corrected chi connectivity index (χ3v) is 3.60. The molecule has 0 aliphatic carbocycles. The molecule has 0 radical (unpaired) electrons. The largest absolute Gasteiger partial charge is 0.466 e. The number of methoxy groups -OCH3 is 3. The fourth-order valence-corrected chi connectivity index (χ4v) is 2.10. The van der Waals surface area contributed by atoms with E-state index in [0.29, 0.717) is 0 Å². The molecule has 144 valence electrons. The van der Waals surface area contributed by atoms with Crippen LogP contribution in [0.4, 0.5) is 0 Å². The lowest BCUT2D eigenvalue weighted by atomic mass is 9.93. The smallest absolute Gasteiger partial charge is 0.336 e. The molecule has 0 unspecified atom stereocenters. The second-order valence-electron chi connectivity index (χ2n) is 6.43. The highest BCUT2D eigenvalue weighted by Gasteiger charge is 2.38. The number of rotatable bonds is 5. The monoisotopic (exact) mass is 368 g/mol. The molecular weight excluding hydrogens is 344 g/mol. The number of carbonyl (C=O) groups excluding carboxylic acids is 3. The Morgan fingerprint density at radius 1 is 1.08 bits per heavy atom. The van der Waals surface area contributed by atoms with Crippen LogP contribution in [0.25, 0.3) is 0 Å². The van der Waals surface area contributed by atoms with Crippen molar-refractivity contribution in [2.24, 2.45) is 4.99 Å². The Balaban J connectivity index is 3.13. The Kier molecular flexibility index (Phi) is 6.55. The lowest BCUT2D eigenvalue weighted by Gasteiger charge is -2.27. The summed E-state index contributed by atoms with van der Waals surface area (Å²) in [5.41, 5.74) is -1.89. The molecule has 1 heterocycles. The maximum absolute atomic E-state index is 12.1. The van der Waals surface area contributed by atoms with Gasteiger partial charge in [0, 0.05) is 6.08 Å². The van der Waals surface area contributed by atoms with E-state index in [1.807, 2.05) is 0 Å². The molecule has 0 amide bonds. The summed E-state index contributed by atoms with van der Waals surface area (Å²) in [6.07, 6.45) is 2.22. The highest BCUT2D eigenvalue weighted by Crippen LogP contribution is 2.29. The minimum Gasteiger partial charge on any atom is -0.466 e. The molecule has 26 heavy (non-hydrogen) atoms. The summed E-state index contributed by atoms with van der Waals surface area (Å²) in [6.45, 7) is 6.77. The van der Waals surface area contributed by atoms with Crippen LogP contribution in [0.15, 0.2) is 28.5 Å². The number of hydrogen-bond acceptors (Lipinski definition) is 9. The van der Waals surface area contributed by atoms with Gasteiger partial charge in [-0.05, 0) is 27.7 Å². The van der Waals surface area contributed by atoms with Crippen LogP contribution in [-0.4, -0.2) is 56.3 Å². The van der Waals surface area contributed by atoms with Gasteiger partial charge < -0.3 is 24.3 Å². The van der Waals surface area contributed by atoms with Crippen LogP contribution in [0, 0.1) is 0 Å². The van der Waals surface area contributed by atoms with Gasteiger partial charge in [0.25, 0.3) is 6.02 Å². The van der Waals surface area contributed by atoms with E-state index in [1.54, 1.807) is 27.7 Å². The molecule has 0 saturated heterocycles. The van der Waals surface area contributed by atoms with Gasteiger partial charge in [-0.25, -0.2) is 19.4 Å². The molecule has 1 N–H and O–H groups in total. The van der Waals surface area contributed by atoms with E-state index in [2.05, 4.69) is 19.8 Å². The lowest BCUT2D eigenvalue weighted by molar-refractivity contribution is -0.139. The van der Waals surface area contributed by atoms with Gasteiger partial charge in [0.1, 0.15) is 11.3 Å². The van der Waals surface area contributed by atoms with Gasteiger partial charge in [-0.2, -0.15) is 0 Å². The number of nitrogens with zero attached hydrogens (tertiary/aromatic N) is 1. The van der Waals surface area contributed by atoms with Gasteiger partial charge in [0.05, 0.1) is 38.5 Å². The SMILES string of the molecule is COC(=O)/C=C(\C(=O)OC)C(C)(C)NC1=NC(C)(C)/C(=C\C(=O)OC)O1. The van der Waals surface area contributed by atoms with Crippen LogP contribution >= 0.6 is 0 Å². The van der Waals surface area contributed by atoms with Crippen LogP contribution in [0.2, 0.25) is 0 Å². The molecule has 0 aromatic heterocycles. The molecule has 0 bridgehead atoms. The van der Waals surface area contributed by atoms with Gasteiger partial charge in [-0.1, -0.05) is 0 Å². The highest BCUT2D eigenvalue weighted by molar-refractivity contribution is 5.99. The summed E-state index contributed by atoms with van der Waals surface area (Å²) >= 11 is 0. The first-order valence-electron chi connectivity index (χ1n) is 7.71. The number of aliphatic imine (C=N–C) groups is 1. The van der Waals surface area contributed by atoms with Gasteiger partial charge >= 0.3 is 17.9 Å². The molecule has 0 spiro atoms. The van der Waals surface area contributed by atoms with E-state index >= 15 is 0 Å². The molecule has 9 heteroatoms. The van der Waals surface area contributed by atoms with E-state index in [-0.39, 0.29) is 17.4 Å². The molecule has 0 aromatic rings. The van der Waals surface area contributed by atoms with Crippen molar-refractivity contribution >= 4 is 23.9 Å². The number of esters is 3. The van der Waals surface area contributed by atoms with E-state index < -0.39 is 29.0 Å². The number of ether oxygens (including phenoxy) is 4. The third-order valence-electron chi connectivity index (χ3n) is 3.60. The van der Waals surface area contributed by atoms with Crippen molar-refractivity contribution in [3.05, 3.63) is 23.5 Å². The minimum absolute atomic E-state index is 0.0151. The topological polar surface area (TPSA) is 113 Å². The van der Waals surface area contributed by atoms with E-state index in [4.69, 9.17) is 9.47 Å². The molecule has 0 saturated carbocycles. The van der Waals surface area contributed by atoms with Crippen LogP contribution in [-0.2, 0) is 33.3 Å². The molecule has 0 fully saturated rings. The third kappa shape index (κ3) is 5.08. The number of carbonyl (C=O) groups is 3. The molecule has 0 aromatic carbocycles. The Morgan fingerprint density at radius 2 is 1.65 bits per heavy atom. The summed E-state index contributed by atoms with van der Waals surface area (Å²) in [4.78, 5) is 39.5. The predicted octanol–water partition coefficient (Wildman–Crippen LogP) is 0.849. The molecular formula is C17H24N2O7. The quantitative estimate of drug-likeness (QED) is 0.432. The first-order chi connectivity index (χ1) is 12.0. The van der Waals surface area contributed by atoms with Gasteiger partial charge in [-0.3, -0.25) is 0 Å². The number of amidine groups is 1. The van der Waals surface area contributed by atoms with Gasteiger partial charge in [0.2, 0.25) is 0 Å². The average Bonchev–Trinajstić information content (AvgIpc) is 2.83. The minimum atomic E-state index is -1.09. The van der Waals surface area contributed by atoms with E-state index in [0.717, 1.165) is 6.08 Å². The molecule has 0 atom stereocenters. The van der Waals surface area contributed by atoms with Crippen LogP contribution in [0.3, 0.4) is 0 Å². The maximum atomic E-state index is 12.1. The Bertz CT molecular complexity index is 687. The van der Waals surface area contributed by atoms with Crippen molar-refractivity contribution in [1.82, 2.24) is 5.32 Å². The van der Waals surface area contributed by atoms with Crippen molar-refractivity contribution < 1.29 is 33.3 Å². The molecule has 1 rings (SSSR count). The van der Waals surface area contributed by atoms with E-state index in [9.17, 15) is 14.4 Å². The average molecular weight is 368 g/mol. The summed E-state index contributed by atoms with van der Waals surface area (Å²) in [5.74, 6) is -1.72. The Labute approximate surface area is 152 Å². The zero-order chi connectivity index (χ0) is 20.1. The van der Waals surface area contributed by atoms with Crippen molar-refractivity contribution in [2.45, 2.75) is 38.8 Å². The fraction of sp³-hybridized carbons (Fsp3) is 0.529. The molecule has 1 aliphatic heterocycles. The normalized spacial score (nSPS) is 17.9. The second kappa shape index (κ2) is 8.03. The van der Waals surface area contributed by atoms with Crippen molar-refractivity contribution in [3.8, 4) is 0 Å². The van der Waals surface area contributed by atoms with Gasteiger partial charge in [-0.15, -0.1) is 0 Å². The number of hydrogen-bond donors (Lipinski definition) is 1. The first-order valence-corrected chi connectivity index (χ1v) is 7.71. The first kappa shape index (κ1) is 21.2. The van der Waals surface area contributed by atoms with Crippen molar-refractivity contribution in [3.63, 3.8) is 0 Å². The highest BCUT2D eigenvalue weighted by atomic mass is 16.5. The summed E-state index contributed by atoms with van der Waals surface area (Å²) in [7, 11) is 3.66. The van der Waals surface area contributed by atoms with E-state index in [1.165, 1.54) is 27.4 Å². The van der Waals surface area contributed by atoms with Crippen molar-refractivity contribution in [2.75, 3.05) is 21.3 Å². The summed E-state index contributed by atoms with van der Waals surface area (Å²) in [5, 5.41) is 2.93.